The highest BCUT2D eigenvalue weighted by Crippen LogP contribution is 2.26. The Bertz CT molecular complexity index is 687. The van der Waals surface area contributed by atoms with Gasteiger partial charge in [0.2, 0.25) is 0 Å². The maximum absolute atomic E-state index is 12.4. The Labute approximate surface area is 122 Å². The average Bonchev–Trinajstić information content (AvgIpc) is 2.83. The molecule has 20 heavy (non-hydrogen) atoms. The second kappa shape index (κ2) is 5.63. The van der Waals surface area contributed by atoms with Crippen LogP contribution in [0.1, 0.15) is 38.8 Å². The van der Waals surface area contributed by atoms with Gasteiger partial charge in [0, 0.05) is 22.5 Å². The van der Waals surface area contributed by atoms with Gasteiger partial charge in [0.15, 0.2) is 0 Å². The number of hydrogen-bond donors (Lipinski definition) is 1. The third-order valence-corrected chi connectivity index (χ3v) is 4.53. The molecule has 0 unspecified atom stereocenters. The Balaban J connectivity index is 2.26. The van der Waals surface area contributed by atoms with E-state index < -0.39 is 0 Å². The van der Waals surface area contributed by atoms with Gasteiger partial charge in [-0.3, -0.25) is 9.59 Å². The van der Waals surface area contributed by atoms with Crippen LogP contribution in [0.3, 0.4) is 0 Å². The summed E-state index contributed by atoms with van der Waals surface area (Å²) in [7, 11) is 1.72. The summed E-state index contributed by atoms with van der Waals surface area (Å²) < 4.78 is 0. The minimum Gasteiger partial charge on any atom is -0.334 e. The van der Waals surface area contributed by atoms with E-state index in [1.54, 1.807) is 42.3 Å². The van der Waals surface area contributed by atoms with E-state index in [9.17, 15) is 9.59 Å². The van der Waals surface area contributed by atoms with Gasteiger partial charge in [0.25, 0.3) is 11.5 Å². The number of aromatic amines is 1. The summed E-state index contributed by atoms with van der Waals surface area (Å²) in [6.45, 7) is 5.79. The van der Waals surface area contributed by atoms with Gasteiger partial charge in [-0.1, -0.05) is 0 Å². The summed E-state index contributed by atoms with van der Waals surface area (Å²) in [6.07, 6.45) is 0. The summed E-state index contributed by atoms with van der Waals surface area (Å²) in [4.78, 5) is 30.8. The predicted molar refractivity (Wildman–Crippen MR) is 81.4 cm³/mol. The van der Waals surface area contributed by atoms with Gasteiger partial charge in [-0.25, -0.2) is 0 Å². The SMILES string of the molecule is Cc1ccc(C(=O)N(C)[C@@H](C)c2ccc(C)s2)c(=O)[nH]1. The Morgan fingerprint density at radius 3 is 2.50 bits per heavy atom. The van der Waals surface area contributed by atoms with Crippen molar-refractivity contribution in [3.8, 4) is 0 Å². The summed E-state index contributed by atoms with van der Waals surface area (Å²) >= 11 is 1.66. The highest BCUT2D eigenvalue weighted by molar-refractivity contribution is 7.12. The van der Waals surface area contributed by atoms with Crippen LogP contribution in [-0.4, -0.2) is 22.8 Å². The minimum atomic E-state index is -0.337. The van der Waals surface area contributed by atoms with E-state index in [1.807, 2.05) is 26.0 Å². The maximum Gasteiger partial charge on any atom is 0.260 e. The Morgan fingerprint density at radius 1 is 1.25 bits per heavy atom. The van der Waals surface area contributed by atoms with E-state index in [4.69, 9.17) is 0 Å². The van der Waals surface area contributed by atoms with Crippen LogP contribution in [0.5, 0.6) is 0 Å². The molecule has 0 aliphatic carbocycles. The van der Waals surface area contributed by atoms with Crippen LogP contribution in [-0.2, 0) is 0 Å². The molecule has 0 aliphatic rings. The Morgan fingerprint density at radius 2 is 1.95 bits per heavy atom. The lowest BCUT2D eigenvalue weighted by Gasteiger charge is -2.23. The van der Waals surface area contributed by atoms with Crippen LogP contribution in [0.25, 0.3) is 0 Å². The molecule has 0 aromatic carbocycles. The molecule has 4 nitrogen and oxygen atoms in total. The molecule has 1 atom stereocenters. The lowest BCUT2D eigenvalue weighted by atomic mass is 10.2. The standard InChI is InChI=1S/C15H18N2O2S/c1-9-5-7-12(14(18)16-9)15(19)17(4)11(3)13-8-6-10(2)20-13/h5-8,11H,1-4H3,(H,16,18)/t11-/m0/s1. The normalized spacial score (nSPS) is 12.2. The minimum absolute atomic E-state index is 0.0538. The van der Waals surface area contributed by atoms with Gasteiger partial charge < -0.3 is 9.88 Å². The molecule has 0 aliphatic heterocycles. The molecule has 1 N–H and O–H groups in total. The van der Waals surface area contributed by atoms with Crippen LogP contribution in [0.15, 0.2) is 29.1 Å². The Hall–Kier alpha value is -1.88. The molecule has 2 aromatic heterocycles. The largest absolute Gasteiger partial charge is 0.334 e. The van der Waals surface area contributed by atoms with Crippen molar-refractivity contribution in [3.63, 3.8) is 0 Å². The molecule has 2 aromatic rings. The topological polar surface area (TPSA) is 53.2 Å². The maximum atomic E-state index is 12.4. The van der Waals surface area contributed by atoms with Crippen molar-refractivity contribution < 1.29 is 4.79 Å². The first-order valence-corrected chi connectivity index (χ1v) is 7.25. The Kier molecular flexibility index (Phi) is 4.09. The van der Waals surface area contributed by atoms with Gasteiger partial charge in [-0.15, -0.1) is 11.3 Å². The third-order valence-electron chi connectivity index (χ3n) is 3.36. The second-order valence-corrected chi connectivity index (χ2v) is 6.24. The van der Waals surface area contributed by atoms with Gasteiger partial charge in [-0.2, -0.15) is 0 Å². The highest BCUT2D eigenvalue weighted by Gasteiger charge is 2.22. The molecule has 0 saturated heterocycles. The zero-order valence-corrected chi connectivity index (χ0v) is 12.9. The van der Waals surface area contributed by atoms with Crippen LogP contribution < -0.4 is 5.56 Å². The number of carbonyl (C=O) groups excluding carboxylic acids is 1. The van der Waals surface area contributed by atoms with E-state index in [0.29, 0.717) is 0 Å². The van der Waals surface area contributed by atoms with E-state index in [1.165, 1.54) is 4.88 Å². The zero-order chi connectivity index (χ0) is 14.9. The number of H-pyrrole nitrogens is 1. The number of aryl methyl sites for hydroxylation is 2. The smallest absolute Gasteiger partial charge is 0.260 e. The quantitative estimate of drug-likeness (QED) is 0.945. The first kappa shape index (κ1) is 14.5. The van der Waals surface area contributed by atoms with Crippen LogP contribution in [0.4, 0.5) is 0 Å². The fraction of sp³-hybridized carbons (Fsp3) is 0.333. The molecule has 106 valence electrons. The summed E-state index contributed by atoms with van der Waals surface area (Å²) in [5, 5.41) is 0. The number of nitrogens with one attached hydrogen (secondary N) is 1. The van der Waals surface area contributed by atoms with E-state index >= 15 is 0 Å². The number of aromatic nitrogens is 1. The molecule has 0 saturated carbocycles. The number of nitrogens with zero attached hydrogens (tertiary/aromatic N) is 1. The van der Waals surface area contributed by atoms with Gasteiger partial charge in [-0.05, 0) is 45.0 Å². The molecule has 2 rings (SSSR count). The molecule has 5 heteroatoms. The molecule has 2 heterocycles. The predicted octanol–water partition coefficient (Wildman–Crippen LogP) is 2.89. The first-order chi connectivity index (χ1) is 9.40. The fourth-order valence-electron chi connectivity index (χ4n) is 1.98. The molecule has 0 radical (unpaired) electrons. The van der Waals surface area contributed by atoms with Crippen LogP contribution in [0, 0.1) is 13.8 Å². The monoisotopic (exact) mass is 290 g/mol. The van der Waals surface area contributed by atoms with Crippen molar-refractivity contribution in [3.05, 3.63) is 55.6 Å². The highest BCUT2D eigenvalue weighted by atomic mass is 32.1. The first-order valence-electron chi connectivity index (χ1n) is 6.43. The van der Waals surface area contributed by atoms with E-state index in [0.717, 1.165) is 10.6 Å². The number of rotatable bonds is 3. The summed E-state index contributed by atoms with van der Waals surface area (Å²) in [5.74, 6) is -0.259. The molecule has 0 fully saturated rings. The summed E-state index contributed by atoms with van der Waals surface area (Å²) in [6, 6.07) is 7.32. The van der Waals surface area contributed by atoms with Crippen LogP contribution in [0.2, 0.25) is 0 Å². The van der Waals surface area contributed by atoms with E-state index in [2.05, 4.69) is 4.98 Å². The lowest BCUT2D eigenvalue weighted by molar-refractivity contribution is 0.0743. The fourth-order valence-corrected chi connectivity index (χ4v) is 2.95. The molecule has 0 spiro atoms. The van der Waals surface area contributed by atoms with Gasteiger partial charge in [0.1, 0.15) is 5.56 Å². The summed E-state index contributed by atoms with van der Waals surface area (Å²) in [5.41, 5.74) is 0.589. The van der Waals surface area contributed by atoms with Crippen molar-refractivity contribution in [1.29, 1.82) is 0 Å². The van der Waals surface area contributed by atoms with E-state index in [-0.39, 0.29) is 23.1 Å². The zero-order valence-electron chi connectivity index (χ0n) is 12.1. The van der Waals surface area contributed by atoms with Gasteiger partial charge in [0.05, 0.1) is 6.04 Å². The molecular weight excluding hydrogens is 272 g/mol. The lowest BCUT2D eigenvalue weighted by Crippen LogP contribution is -2.33. The number of pyridine rings is 1. The third kappa shape index (κ3) is 2.82. The molecule has 0 bridgehead atoms. The average molecular weight is 290 g/mol. The van der Waals surface area contributed by atoms with Crippen molar-refractivity contribution in [2.45, 2.75) is 26.8 Å². The number of thiophene rings is 1. The van der Waals surface area contributed by atoms with Crippen LogP contribution >= 0.6 is 11.3 Å². The van der Waals surface area contributed by atoms with Crippen molar-refractivity contribution >= 4 is 17.2 Å². The second-order valence-electron chi connectivity index (χ2n) is 4.92. The van der Waals surface area contributed by atoms with Crippen molar-refractivity contribution in [1.82, 2.24) is 9.88 Å². The van der Waals surface area contributed by atoms with Crippen molar-refractivity contribution in [2.75, 3.05) is 7.05 Å². The van der Waals surface area contributed by atoms with Gasteiger partial charge >= 0.3 is 0 Å². The molecule has 1 amide bonds. The van der Waals surface area contributed by atoms with Crippen molar-refractivity contribution in [2.24, 2.45) is 0 Å². The number of hydrogen-bond acceptors (Lipinski definition) is 3. The molecular formula is C15H18N2O2S. The number of amides is 1. The number of carbonyl (C=O) groups is 1.